The third kappa shape index (κ3) is 3.22. The Bertz CT molecular complexity index is 304. The SMILES string of the molecule is CCOc1ccc(CN2CCOCC2)cc1. The maximum Gasteiger partial charge on any atom is 0.119 e. The molecule has 1 heterocycles. The molecule has 0 amide bonds. The first-order valence-electron chi connectivity index (χ1n) is 5.90. The van der Waals surface area contributed by atoms with Gasteiger partial charge in [0.15, 0.2) is 0 Å². The van der Waals surface area contributed by atoms with Gasteiger partial charge in [-0.05, 0) is 24.6 Å². The molecule has 1 aliphatic heterocycles. The van der Waals surface area contributed by atoms with Gasteiger partial charge in [-0.15, -0.1) is 0 Å². The van der Waals surface area contributed by atoms with Crippen LogP contribution in [0.4, 0.5) is 0 Å². The molecule has 3 nitrogen and oxygen atoms in total. The molecule has 0 unspecified atom stereocenters. The second kappa shape index (κ2) is 5.87. The minimum Gasteiger partial charge on any atom is -0.494 e. The lowest BCUT2D eigenvalue weighted by molar-refractivity contribution is 0.0342. The molecule has 1 aliphatic rings. The summed E-state index contributed by atoms with van der Waals surface area (Å²) in [5.74, 6) is 0.952. The zero-order valence-electron chi connectivity index (χ0n) is 9.82. The molecule has 0 saturated carbocycles. The van der Waals surface area contributed by atoms with Crippen LogP contribution in [0.3, 0.4) is 0 Å². The number of morpholine rings is 1. The Kier molecular flexibility index (Phi) is 4.19. The number of hydrogen-bond acceptors (Lipinski definition) is 3. The zero-order valence-corrected chi connectivity index (χ0v) is 9.82. The second-order valence-corrected chi connectivity index (χ2v) is 3.97. The van der Waals surface area contributed by atoms with Gasteiger partial charge in [0.05, 0.1) is 19.8 Å². The van der Waals surface area contributed by atoms with Crippen LogP contribution in [-0.2, 0) is 11.3 Å². The largest absolute Gasteiger partial charge is 0.494 e. The standard InChI is InChI=1S/C13H19NO2/c1-2-16-13-5-3-12(4-6-13)11-14-7-9-15-10-8-14/h3-6H,2,7-11H2,1H3. The fraction of sp³-hybridized carbons (Fsp3) is 0.538. The van der Waals surface area contributed by atoms with Crippen molar-refractivity contribution in [3.8, 4) is 5.75 Å². The fourth-order valence-electron chi connectivity index (χ4n) is 1.88. The smallest absolute Gasteiger partial charge is 0.119 e. The molecule has 0 aliphatic carbocycles. The number of hydrogen-bond donors (Lipinski definition) is 0. The summed E-state index contributed by atoms with van der Waals surface area (Å²) in [5.41, 5.74) is 1.34. The number of ether oxygens (including phenoxy) is 2. The molecule has 3 heteroatoms. The maximum atomic E-state index is 5.42. The number of benzene rings is 1. The highest BCUT2D eigenvalue weighted by atomic mass is 16.5. The Labute approximate surface area is 97.0 Å². The van der Waals surface area contributed by atoms with E-state index in [1.165, 1.54) is 5.56 Å². The normalized spacial score (nSPS) is 17.3. The summed E-state index contributed by atoms with van der Waals surface area (Å²) in [6.07, 6.45) is 0. The average Bonchev–Trinajstić information content (AvgIpc) is 2.33. The van der Waals surface area contributed by atoms with E-state index in [0.29, 0.717) is 0 Å². The first-order chi connectivity index (χ1) is 7.88. The molecule has 0 radical (unpaired) electrons. The molecule has 2 rings (SSSR count). The number of nitrogens with zero attached hydrogens (tertiary/aromatic N) is 1. The van der Waals surface area contributed by atoms with Crippen LogP contribution in [0.25, 0.3) is 0 Å². The van der Waals surface area contributed by atoms with Crippen molar-refractivity contribution in [2.75, 3.05) is 32.9 Å². The average molecular weight is 221 g/mol. The molecule has 0 atom stereocenters. The minimum atomic E-state index is 0.725. The van der Waals surface area contributed by atoms with E-state index in [0.717, 1.165) is 45.2 Å². The molecular formula is C13H19NO2. The lowest BCUT2D eigenvalue weighted by atomic mass is 10.2. The molecule has 16 heavy (non-hydrogen) atoms. The predicted molar refractivity (Wildman–Crippen MR) is 63.7 cm³/mol. The van der Waals surface area contributed by atoms with Gasteiger partial charge in [0.1, 0.15) is 5.75 Å². The summed E-state index contributed by atoms with van der Waals surface area (Å²) in [4.78, 5) is 2.42. The van der Waals surface area contributed by atoms with Gasteiger partial charge >= 0.3 is 0 Å². The number of rotatable bonds is 4. The Hall–Kier alpha value is -1.06. The molecule has 0 spiro atoms. The van der Waals surface area contributed by atoms with Crippen LogP contribution in [0, 0.1) is 0 Å². The van der Waals surface area contributed by atoms with Crippen molar-refractivity contribution in [1.82, 2.24) is 4.90 Å². The van der Waals surface area contributed by atoms with E-state index in [1.807, 2.05) is 19.1 Å². The highest BCUT2D eigenvalue weighted by Gasteiger charge is 2.10. The van der Waals surface area contributed by atoms with E-state index in [9.17, 15) is 0 Å². The molecular weight excluding hydrogens is 202 g/mol. The van der Waals surface area contributed by atoms with Crippen molar-refractivity contribution < 1.29 is 9.47 Å². The molecule has 0 bridgehead atoms. The molecule has 0 N–H and O–H groups in total. The first-order valence-corrected chi connectivity index (χ1v) is 5.90. The summed E-state index contributed by atoms with van der Waals surface area (Å²) in [7, 11) is 0. The van der Waals surface area contributed by atoms with Gasteiger partial charge in [0.2, 0.25) is 0 Å². The van der Waals surface area contributed by atoms with Crippen LogP contribution in [-0.4, -0.2) is 37.8 Å². The second-order valence-electron chi connectivity index (χ2n) is 3.97. The lowest BCUT2D eigenvalue weighted by Crippen LogP contribution is -2.35. The Morgan fingerprint density at radius 1 is 1.19 bits per heavy atom. The van der Waals surface area contributed by atoms with Crippen molar-refractivity contribution >= 4 is 0 Å². The Morgan fingerprint density at radius 3 is 2.50 bits per heavy atom. The van der Waals surface area contributed by atoms with Gasteiger partial charge in [0.25, 0.3) is 0 Å². The third-order valence-corrected chi connectivity index (χ3v) is 2.74. The Morgan fingerprint density at radius 2 is 1.88 bits per heavy atom. The molecule has 0 aromatic heterocycles. The highest BCUT2D eigenvalue weighted by molar-refractivity contribution is 5.27. The van der Waals surface area contributed by atoms with Gasteiger partial charge in [-0.3, -0.25) is 4.90 Å². The Balaban J connectivity index is 1.88. The maximum absolute atomic E-state index is 5.42. The monoisotopic (exact) mass is 221 g/mol. The van der Waals surface area contributed by atoms with Crippen molar-refractivity contribution in [3.63, 3.8) is 0 Å². The molecule has 1 saturated heterocycles. The van der Waals surface area contributed by atoms with Crippen LogP contribution in [0.1, 0.15) is 12.5 Å². The summed E-state index contributed by atoms with van der Waals surface area (Å²) >= 11 is 0. The summed E-state index contributed by atoms with van der Waals surface area (Å²) in [6.45, 7) is 7.52. The third-order valence-electron chi connectivity index (χ3n) is 2.74. The molecule has 1 fully saturated rings. The van der Waals surface area contributed by atoms with E-state index >= 15 is 0 Å². The first kappa shape index (κ1) is 11.4. The van der Waals surface area contributed by atoms with Crippen LogP contribution in [0.2, 0.25) is 0 Å². The van der Waals surface area contributed by atoms with Crippen molar-refractivity contribution in [1.29, 1.82) is 0 Å². The van der Waals surface area contributed by atoms with E-state index in [4.69, 9.17) is 9.47 Å². The topological polar surface area (TPSA) is 21.7 Å². The van der Waals surface area contributed by atoms with E-state index in [2.05, 4.69) is 17.0 Å². The lowest BCUT2D eigenvalue weighted by Gasteiger charge is -2.26. The minimum absolute atomic E-state index is 0.725. The van der Waals surface area contributed by atoms with Crippen molar-refractivity contribution in [3.05, 3.63) is 29.8 Å². The van der Waals surface area contributed by atoms with E-state index in [1.54, 1.807) is 0 Å². The van der Waals surface area contributed by atoms with Gasteiger partial charge < -0.3 is 9.47 Å². The van der Waals surface area contributed by atoms with Crippen molar-refractivity contribution in [2.45, 2.75) is 13.5 Å². The zero-order chi connectivity index (χ0) is 11.2. The molecule has 88 valence electrons. The quantitative estimate of drug-likeness (QED) is 0.775. The summed E-state index contributed by atoms with van der Waals surface area (Å²) < 4.78 is 10.7. The van der Waals surface area contributed by atoms with Gasteiger partial charge in [0, 0.05) is 19.6 Å². The summed E-state index contributed by atoms with van der Waals surface area (Å²) in [6, 6.07) is 8.36. The van der Waals surface area contributed by atoms with Gasteiger partial charge in [-0.1, -0.05) is 12.1 Å². The van der Waals surface area contributed by atoms with Crippen LogP contribution >= 0.6 is 0 Å². The van der Waals surface area contributed by atoms with Gasteiger partial charge in [-0.2, -0.15) is 0 Å². The molecule has 1 aromatic rings. The summed E-state index contributed by atoms with van der Waals surface area (Å²) in [5, 5.41) is 0. The van der Waals surface area contributed by atoms with Crippen LogP contribution in [0.5, 0.6) is 5.75 Å². The van der Waals surface area contributed by atoms with E-state index < -0.39 is 0 Å². The van der Waals surface area contributed by atoms with Crippen LogP contribution < -0.4 is 4.74 Å². The predicted octanol–water partition coefficient (Wildman–Crippen LogP) is 1.92. The van der Waals surface area contributed by atoms with Crippen molar-refractivity contribution in [2.24, 2.45) is 0 Å². The van der Waals surface area contributed by atoms with Gasteiger partial charge in [-0.25, -0.2) is 0 Å². The van der Waals surface area contributed by atoms with E-state index in [-0.39, 0.29) is 0 Å². The fourth-order valence-corrected chi connectivity index (χ4v) is 1.88. The molecule has 1 aromatic carbocycles. The highest BCUT2D eigenvalue weighted by Crippen LogP contribution is 2.14. The van der Waals surface area contributed by atoms with Crippen LogP contribution in [0.15, 0.2) is 24.3 Å².